The van der Waals surface area contributed by atoms with E-state index in [4.69, 9.17) is 4.42 Å². The number of allylic oxidation sites excluding steroid dienone is 1. The number of carbonyl (C=O) groups excluding carboxylic acids is 1. The normalized spacial score (nSPS) is 11.4. The molecule has 2 aromatic carbocycles. The topological polar surface area (TPSA) is 91.2 Å². The van der Waals surface area contributed by atoms with Crippen LogP contribution in [0.3, 0.4) is 0 Å². The highest BCUT2D eigenvalue weighted by Crippen LogP contribution is 2.23. The van der Waals surface area contributed by atoms with Gasteiger partial charge < -0.3 is 4.42 Å². The molecule has 4 rings (SSSR count). The zero-order valence-corrected chi connectivity index (χ0v) is 16.5. The number of hydrogen-bond donors (Lipinski definition) is 0. The van der Waals surface area contributed by atoms with Crippen molar-refractivity contribution in [2.45, 2.75) is 20.4 Å². The van der Waals surface area contributed by atoms with E-state index in [9.17, 15) is 14.9 Å². The molecule has 30 heavy (non-hydrogen) atoms. The van der Waals surface area contributed by atoms with Crippen molar-refractivity contribution in [3.05, 3.63) is 99.3 Å². The van der Waals surface area contributed by atoms with Crippen LogP contribution in [0.15, 0.2) is 65.1 Å². The molecule has 2 heterocycles. The van der Waals surface area contributed by atoms with Crippen molar-refractivity contribution in [1.29, 1.82) is 0 Å². The molecule has 0 saturated carbocycles. The van der Waals surface area contributed by atoms with Crippen LogP contribution in [0.25, 0.3) is 16.8 Å². The van der Waals surface area contributed by atoms with Gasteiger partial charge in [-0.15, -0.1) is 0 Å². The number of nitrogens with zero attached hydrogens (tertiary/aromatic N) is 3. The number of aromatic nitrogens is 2. The summed E-state index contributed by atoms with van der Waals surface area (Å²) in [6.45, 7) is 3.54. The van der Waals surface area contributed by atoms with Crippen LogP contribution in [0.1, 0.15) is 33.3 Å². The van der Waals surface area contributed by atoms with Gasteiger partial charge >= 0.3 is 5.69 Å². The average molecular weight is 401 g/mol. The Morgan fingerprint density at radius 1 is 1.13 bits per heavy atom. The number of nitro groups is 1. The van der Waals surface area contributed by atoms with Crippen LogP contribution in [0, 0.1) is 24.0 Å². The van der Waals surface area contributed by atoms with Crippen LogP contribution >= 0.6 is 0 Å². The minimum absolute atomic E-state index is 0.0163. The predicted octanol–water partition coefficient (Wildman–Crippen LogP) is 5.10. The van der Waals surface area contributed by atoms with E-state index in [-0.39, 0.29) is 18.0 Å². The van der Waals surface area contributed by atoms with Gasteiger partial charge in [0.05, 0.1) is 11.5 Å². The lowest BCUT2D eigenvalue weighted by Crippen LogP contribution is -2.03. The largest absolute Gasteiger partial charge is 0.460 e. The van der Waals surface area contributed by atoms with E-state index in [2.05, 4.69) is 5.10 Å². The Bertz CT molecular complexity index is 1300. The van der Waals surface area contributed by atoms with E-state index >= 15 is 0 Å². The fourth-order valence-electron chi connectivity index (χ4n) is 3.42. The van der Waals surface area contributed by atoms with Gasteiger partial charge in [-0.1, -0.05) is 36.4 Å². The molecule has 4 aromatic rings. The Hall–Kier alpha value is -4.00. The second kappa shape index (κ2) is 7.79. The van der Waals surface area contributed by atoms with E-state index in [0.29, 0.717) is 28.5 Å². The molecule has 0 saturated heterocycles. The van der Waals surface area contributed by atoms with E-state index in [0.717, 1.165) is 10.8 Å². The smallest absolute Gasteiger partial charge is 0.312 e. The molecule has 0 unspecified atom stereocenters. The molecule has 0 aliphatic rings. The first-order valence-electron chi connectivity index (χ1n) is 9.40. The van der Waals surface area contributed by atoms with Gasteiger partial charge in [0.25, 0.3) is 0 Å². The van der Waals surface area contributed by atoms with Crippen molar-refractivity contribution < 1.29 is 14.1 Å². The van der Waals surface area contributed by atoms with Gasteiger partial charge in [0.2, 0.25) is 0 Å². The Labute approximate surface area is 172 Å². The summed E-state index contributed by atoms with van der Waals surface area (Å²) in [5.74, 6) is 0.997. The van der Waals surface area contributed by atoms with E-state index in [1.54, 1.807) is 42.8 Å². The summed E-state index contributed by atoms with van der Waals surface area (Å²) in [6, 6.07) is 17.0. The second-order valence-corrected chi connectivity index (χ2v) is 7.00. The SMILES string of the molecule is Cc1nn(Cc2ccc(/C=C/C(=O)c3ccc4ccccc4c3)o2)c(C)c1[N+](=O)[O-]. The van der Waals surface area contributed by atoms with Crippen molar-refractivity contribution >= 4 is 28.3 Å². The number of hydrogen-bond acceptors (Lipinski definition) is 5. The minimum atomic E-state index is -0.428. The Balaban J connectivity index is 1.49. The fraction of sp³-hybridized carbons (Fsp3) is 0.130. The van der Waals surface area contributed by atoms with Crippen LogP contribution < -0.4 is 0 Å². The third-order valence-electron chi connectivity index (χ3n) is 4.95. The number of ketones is 1. The Morgan fingerprint density at radius 3 is 2.63 bits per heavy atom. The molecule has 7 nitrogen and oxygen atoms in total. The lowest BCUT2D eigenvalue weighted by molar-refractivity contribution is -0.386. The van der Waals surface area contributed by atoms with Crippen LogP contribution in [0.2, 0.25) is 0 Å². The lowest BCUT2D eigenvalue weighted by Gasteiger charge is -2.01. The zero-order chi connectivity index (χ0) is 21.3. The zero-order valence-electron chi connectivity index (χ0n) is 16.5. The average Bonchev–Trinajstić information content (AvgIpc) is 3.29. The molecule has 0 bridgehead atoms. The number of benzene rings is 2. The molecule has 0 amide bonds. The lowest BCUT2D eigenvalue weighted by atomic mass is 10.0. The maximum Gasteiger partial charge on any atom is 0.312 e. The van der Waals surface area contributed by atoms with Crippen LogP contribution in [-0.2, 0) is 6.54 Å². The van der Waals surface area contributed by atoms with E-state index in [1.165, 1.54) is 6.08 Å². The van der Waals surface area contributed by atoms with Gasteiger partial charge in [0.1, 0.15) is 22.9 Å². The molecule has 150 valence electrons. The molecule has 0 spiro atoms. The number of fused-ring (bicyclic) bond motifs is 1. The van der Waals surface area contributed by atoms with Crippen molar-refractivity contribution in [3.8, 4) is 0 Å². The summed E-state index contributed by atoms with van der Waals surface area (Å²) in [5, 5.41) is 17.4. The predicted molar refractivity (Wildman–Crippen MR) is 113 cm³/mol. The Morgan fingerprint density at radius 2 is 1.90 bits per heavy atom. The van der Waals surface area contributed by atoms with Crippen LogP contribution in [0.4, 0.5) is 5.69 Å². The summed E-state index contributed by atoms with van der Waals surface area (Å²) in [7, 11) is 0. The quantitative estimate of drug-likeness (QED) is 0.194. The number of furan rings is 1. The molecule has 0 atom stereocenters. The van der Waals surface area contributed by atoms with Crippen LogP contribution in [-0.4, -0.2) is 20.5 Å². The summed E-state index contributed by atoms with van der Waals surface area (Å²) in [4.78, 5) is 23.2. The number of aryl methyl sites for hydroxylation is 1. The molecule has 2 aromatic heterocycles. The first kappa shape index (κ1) is 19.3. The highest BCUT2D eigenvalue weighted by atomic mass is 16.6. The highest BCUT2D eigenvalue weighted by molar-refractivity contribution is 6.08. The standard InChI is InChI=1S/C23H19N3O4/c1-15-23(26(28)29)16(2)25(24-15)14-21-10-9-20(30-21)11-12-22(27)19-8-7-17-5-3-4-6-18(17)13-19/h3-13H,14H2,1-2H3/b12-11+. The van der Waals surface area contributed by atoms with Crippen molar-refractivity contribution in [3.63, 3.8) is 0 Å². The van der Waals surface area contributed by atoms with Crippen LogP contribution in [0.5, 0.6) is 0 Å². The number of rotatable bonds is 6. The fourth-order valence-corrected chi connectivity index (χ4v) is 3.42. The maximum atomic E-state index is 12.5. The molecule has 0 radical (unpaired) electrons. The van der Waals surface area contributed by atoms with Crippen molar-refractivity contribution in [1.82, 2.24) is 9.78 Å². The third-order valence-corrected chi connectivity index (χ3v) is 4.95. The van der Waals surface area contributed by atoms with E-state index in [1.807, 2.05) is 36.4 Å². The number of carbonyl (C=O) groups is 1. The maximum absolute atomic E-state index is 12.5. The monoisotopic (exact) mass is 401 g/mol. The first-order valence-corrected chi connectivity index (χ1v) is 9.40. The van der Waals surface area contributed by atoms with Gasteiger partial charge in [0, 0.05) is 5.56 Å². The molecular formula is C23H19N3O4. The summed E-state index contributed by atoms with van der Waals surface area (Å²) in [6.07, 6.45) is 3.09. The first-order chi connectivity index (χ1) is 14.4. The third kappa shape index (κ3) is 3.77. The van der Waals surface area contributed by atoms with E-state index < -0.39 is 4.92 Å². The molecular weight excluding hydrogens is 382 g/mol. The highest BCUT2D eigenvalue weighted by Gasteiger charge is 2.22. The second-order valence-electron chi connectivity index (χ2n) is 7.00. The minimum Gasteiger partial charge on any atom is -0.460 e. The Kier molecular flexibility index (Phi) is 5.02. The summed E-state index contributed by atoms with van der Waals surface area (Å²) in [5.41, 5.74) is 1.46. The molecule has 7 heteroatoms. The van der Waals surface area contributed by atoms with Gasteiger partial charge in [-0.05, 0) is 55.0 Å². The van der Waals surface area contributed by atoms with Gasteiger partial charge in [-0.3, -0.25) is 19.6 Å². The molecule has 0 aliphatic heterocycles. The molecule has 0 fully saturated rings. The van der Waals surface area contributed by atoms with Crippen molar-refractivity contribution in [2.75, 3.05) is 0 Å². The van der Waals surface area contributed by atoms with Gasteiger partial charge in [-0.25, -0.2) is 0 Å². The summed E-state index contributed by atoms with van der Waals surface area (Å²) >= 11 is 0. The van der Waals surface area contributed by atoms with Crippen molar-refractivity contribution in [2.24, 2.45) is 0 Å². The summed E-state index contributed by atoms with van der Waals surface area (Å²) < 4.78 is 7.28. The molecule has 0 aliphatic carbocycles. The van der Waals surface area contributed by atoms with Gasteiger partial charge in [0.15, 0.2) is 5.78 Å². The van der Waals surface area contributed by atoms with Gasteiger partial charge in [-0.2, -0.15) is 5.10 Å². The molecule has 0 N–H and O–H groups in total.